The van der Waals surface area contributed by atoms with Crippen LogP contribution in [0.3, 0.4) is 0 Å². The quantitative estimate of drug-likeness (QED) is 0.757. The summed E-state index contributed by atoms with van der Waals surface area (Å²) in [6.07, 6.45) is 0. The smallest absolute Gasteiger partial charge is 0.216 e. The molecule has 0 saturated carbocycles. The molecule has 18 heavy (non-hydrogen) atoms. The van der Waals surface area contributed by atoms with E-state index in [1.807, 2.05) is 12.1 Å². The van der Waals surface area contributed by atoms with E-state index in [9.17, 15) is 4.79 Å². The fourth-order valence-corrected chi connectivity index (χ4v) is 1.83. The summed E-state index contributed by atoms with van der Waals surface area (Å²) in [7, 11) is 1.68. The number of ether oxygens (including phenoxy) is 1. The van der Waals surface area contributed by atoms with Gasteiger partial charge in [-0.1, -0.05) is 17.7 Å². The molecule has 0 saturated heterocycles. The molecule has 1 unspecified atom stereocenters. The molecule has 0 aliphatic rings. The molecule has 1 rings (SSSR count). The van der Waals surface area contributed by atoms with Crippen LogP contribution in [0.25, 0.3) is 0 Å². The molecule has 1 amide bonds. The Balaban J connectivity index is 2.57. The number of carbonyl (C=O) groups is 1. The Morgan fingerprint density at radius 3 is 2.72 bits per heavy atom. The topological polar surface area (TPSA) is 50.4 Å². The minimum atomic E-state index is -0.00223. The fraction of sp³-hybridized carbons (Fsp3) is 0.500. The first-order valence-electron chi connectivity index (χ1n) is 6.17. The summed E-state index contributed by atoms with van der Waals surface area (Å²) in [5.41, 5.74) is 2.35. The van der Waals surface area contributed by atoms with Crippen molar-refractivity contribution in [3.8, 4) is 5.75 Å². The van der Waals surface area contributed by atoms with Gasteiger partial charge in [-0.2, -0.15) is 0 Å². The monoisotopic (exact) mass is 250 g/mol. The molecule has 0 aliphatic carbocycles. The van der Waals surface area contributed by atoms with Crippen molar-refractivity contribution in [2.75, 3.05) is 20.2 Å². The molecule has 4 nitrogen and oxygen atoms in total. The maximum absolute atomic E-state index is 10.7. The van der Waals surface area contributed by atoms with Crippen molar-refractivity contribution < 1.29 is 9.53 Å². The van der Waals surface area contributed by atoms with Crippen molar-refractivity contribution >= 4 is 5.91 Å². The standard InChI is InChI=1S/C14H22N2O2/c1-10-5-6-14(18-4)13(9-10)11(2)15-7-8-16-12(3)17/h5-6,9,11,15H,7-8H2,1-4H3,(H,16,17). The van der Waals surface area contributed by atoms with Crippen LogP contribution in [0.1, 0.15) is 31.0 Å². The van der Waals surface area contributed by atoms with E-state index in [-0.39, 0.29) is 11.9 Å². The highest BCUT2D eigenvalue weighted by Crippen LogP contribution is 2.25. The molecule has 0 aromatic heterocycles. The molecule has 0 fully saturated rings. The summed E-state index contributed by atoms with van der Waals surface area (Å²) < 4.78 is 5.36. The van der Waals surface area contributed by atoms with Gasteiger partial charge in [0.05, 0.1) is 7.11 Å². The Hall–Kier alpha value is -1.55. The molecule has 0 heterocycles. The highest BCUT2D eigenvalue weighted by atomic mass is 16.5. The predicted octanol–water partition coefficient (Wildman–Crippen LogP) is 1.79. The van der Waals surface area contributed by atoms with Crippen LogP contribution in [0.5, 0.6) is 5.75 Å². The number of hydrogen-bond donors (Lipinski definition) is 2. The summed E-state index contributed by atoms with van der Waals surface area (Å²) in [5.74, 6) is 0.887. The van der Waals surface area contributed by atoms with E-state index in [4.69, 9.17) is 4.74 Å². The summed E-state index contributed by atoms with van der Waals surface area (Å²) in [6, 6.07) is 6.33. The average Bonchev–Trinajstić information content (AvgIpc) is 2.34. The Morgan fingerprint density at radius 2 is 2.11 bits per heavy atom. The molecule has 1 aromatic carbocycles. The summed E-state index contributed by atoms with van der Waals surface area (Å²) in [5, 5.41) is 6.12. The molecular formula is C14H22N2O2. The summed E-state index contributed by atoms with van der Waals surface area (Å²) in [4.78, 5) is 10.7. The molecule has 100 valence electrons. The molecule has 0 bridgehead atoms. The Morgan fingerprint density at radius 1 is 1.39 bits per heavy atom. The van der Waals surface area contributed by atoms with Gasteiger partial charge in [0.1, 0.15) is 5.75 Å². The van der Waals surface area contributed by atoms with Crippen LogP contribution < -0.4 is 15.4 Å². The van der Waals surface area contributed by atoms with Crippen molar-refractivity contribution in [3.63, 3.8) is 0 Å². The van der Waals surface area contributed by atoms with E-state index in [1.165, 1.54) is 12.5 Å². The van der Waals surface area contributed by atoms with Crippen molar-refractivity contribution in [2.45, 2.75) is 26.8 Å². The van der Waals surface area contributed by atoms with Crippen LogP contribution >= 0.6 is 0 Å². The number of carbonyl (C=O) groups excluding carboxylic acids is 1. The minimum absolute atomic E-state index is 0.00223. The number of hydrogen-bond acceptors (Lipinski definition) is 3. The maximum atomic E-state index is 10.7. The second-order valence-corrected chi connectivity index (χ2v) is 4.40. The van der Waals surface area contributed by atoms with Crippen molar-refractivity contribution in [1.82, 2.24) is 10.6 Å². The lowest BCUT2D eigenvalue weighted by Crippen LogP contribution is -2.31. The van der Waals surface area contributed by atoms with Gasteiger partial charge in [0.25, 0.3) is 0 Å². The molecular weight excluding hydrogens is 228 g/mol. The Bertz CT molecular complexity index is 405. The molecule has 4 heteroatoms. The van der Waals surface area contributed by atoms with E-state index in [0.29, 0.717) is 6.54 Å². The van der Waals surface area contributed by atoms with Crippen LogP contribution in [-0.2, 0) is 4.79 Å². The third kappa shape index (κ3) is 4.37. The highest BCUT2D eigenvalue weighted by Gasteiger charge is 2.10. The van der Waals surface area contributed by atoms with E-state index in [1.54, 1.807) is 7.11 Å². The van der Waals surface area contributed by atoms with Crippen LogP contribution in [-0.4, -0.2) is 26.1 Å². The fourth-order valence-electron chi connectivity index (χ4n) is 1.83. The molecule has 1 atom stereocenters. The number of aryl methyl sites for hydroxylation is 1. The normalized spacial score (nSPS) is 12.0. The van der Waals surface area contributed by atoms with Crippen molar-refractivity contribution in [1.29, 1.82) is 0 Å². The third-order valence-electron chi connectivity index (χ3n) is 2.80. The molecule has 0 spiro atoms. The average molecular weight is 250 g/mol. The Kier molecular flexibility index (Phi) is 5.65. The number of amides is 1. The zero-order chi connectivity index (χ0) is 13.5. The van der Waals surface area contributed by atoms with Crippen molar-refractivity contribution in [3.05, 3.63) is 29.3 Å². The van der Waals surface area contributed by atoms with Gasteiger partial charge in [-0.15, -0.1) is 0 Å². The first-order valence-corrected chi connectivity index (χ1v) is 6.17. The summed E-state index contributed by atoms with van der Waals surface area (Å²) in [6.45, 7) is 7.04. The Labute approximate surface area is 109 Å². The van der Waals surface area contributed by atoms with E-state index < -0.39 is 0 Å². The predicted molar refractivity (Wildman–Crippen MR) is 72.8 cm³/mol. The molecule has 1 aromatic rings. The van der Waals surface area contributed by atoms with Crippen LogP contribution in [0.2, 0.25) is 0 Å². The first-order chi connectivity index (χ1) is 8.54. The minimum Gasteiger partial charge on any atom is -0.496 e. The van der Waals surface area contributed by atoms with E-state index in [0.717, 1.165) is 17.9 Å². The second kappa shape index (κ2) is 7.01. The number of nitrogens with one attached hydrogen (secondary N) is 2. The van der Waals surface area contributed by atoms with Crippen LogP contribution in [0.4, 0.5) is 0 Å². The number of benzene rings is 1. The lowest BCUT2D eigenvalue weighted by molar-refractivity contribution is -0.118. The second-order valence-electron chi connectivity index (χ2n) is 4.40. The van der Waals surface area contributed by atoms with E-state index in [2.05, 4.69) is 30.5 Å². The van der Waals surface area contributed by atoms with Gasteiger partial charge in [-0.3, -0.25) is 4.79 Å². The first kappa shape index (κ1) is 14.5. The van der Waals surface area contributed by atoms with Crippen molar-refractivity contribution in [2.24, 2.45) is 0 Å². The maximum Gasteiger partial charge on any atom is 0.216 e. The van der Waals surface area contributed by atoms with Gasteiger partial charge in [0.2, 0.25) is 5.91 Å². The van der Waals surface area contributed by atoms with E-state index >= 15 is 0 Å². The van der Waals surface area contributed by atoms with Gasteiger partial charge < -0.3 is 15.4 Å². The zero-order valence-electron chi connectivity index (χ0n) is 11.5. The lowest BCUT2D eigenvalue weighted by atomic mass is 10.0. The van der Waals surface area contributed by atoms with Crippen LogP contribution in [0.15, 0.2) is 18.2 Å². The highest BCUT2D eigenvalue weighted by molar-refractivity contribution is 5.72. The largest absolute Gasteiger partial charge is 0.496 e. The van der Waals surface area contributed by atoms with Crippen LogP contribution in [0, 0.1) is 6.92 Å². The molecule has 0 radical (unpaired) electrons. The molecule has 2 N–H and O–H groups in total. The third-order valence-corrected chi connectivity index (χ3v) is 2.80. The lowest BCUT2D eigenvalue weighted by Gasteiger charge is -2.18. The van der Waals surface area contributed by atoms with Gasteiger partial charge in [0, 0.05) is 31.6 Å². The number of rotatable bonds is 6. The van der Waals surface area contributed by atoms with Gasteiger partial charge in [0.15, 0.2) is 0 Å². The van der Waals surface area contributed by atoms with Gasteiger partial charge >= 0.3 is 0 Å². The number of methoxy groups -OCH3 is 1. The summed E-state index contributed by atoms with van der Waals surface area (Å²) >= 11 is 0. The molecule has 0 aliphatic heterocycles. The SMILES string of the molecule is COc1ccc(C)cc1C(C)NCCNC(C)=O. The van der Waals surface area contributed by atoms with Gasteiger partial charge in [-0.25, -0.2) is 0 Å². The van der Waals surface area contributed by atoms with Gasteiger partial charge in [-0.05, 0) is 19.9 Å². The zero-order valence-corrected chi connectivity index (χ0v) is 11.5.